The maximum atomic E-state index is 12.8. The van der Waals surface area contributed by atoms with Crippen molar-refractivity contribution < 1.29 is 23.1 Å². The zero-order valence-corrected chi connectivity index (χ0v) is 17.0. The van der Waals surface area contributed by atoms with Crippen molar-refractivity contribution in [2.75, 3.05) is 33.3 Å². The SMILES string of the molecule is COc1ccc(S(=O)(=O)N2CCN(C(=O)c3cc(Br)ccc3O)CC2)cc1. The standard InChI is InChI=1S/C18H19BrN2O5S/c1-26-14-3-5-15(6-4-14)27(24,25)21-10-8-20(9-11-21)18(23)16-12-13(19)2-7-17(16)22/h2-7,12,22H,8-11H2,1H3. The largest absolute Gasteiger partial charge is 0.507 e. The molecule has 9 heteroatoms. The minimum absolute atomic E-state index is 0.100. The minimum atomic E-state index is -3.63. The van der Waals surface area contributed by atoms with Crippen LogP contribution in [0.5, 0.6) is 11.5 Å². The Labute approximate surface area is 166 Å². The number of phenolic OH excluding ortho intramolecular Hbond substituents is 1. The van der Waals surface area contributed by atoms with Crippen LogP contribution in [-0.4, -0.2) is 61.9 Å². The number of nitrogens with zero attached hydrogens (tertiary/aromatic N) is 2. The van der Waals surface area contributed by atoms with E-state index in [1.807, 2.05) is 0 Å². The number of amides is 1. The zero-order valence-electron chi connectivity index (χ0n) is 14.6. The zero-order chi connectivity index (χ0) is 19.6. The van der Waals surface area contributed by atoms with E-state index in [1.165, 1.54) is 29.6 Å². The summed E-state index contributed by atoms with van der Waals surface area (Å²) in [4.78, 5) is 14.4. The second kappa shape index (κ2) is 7.87. The van der Waals surface area contributed by atoms with Crippen LogP contribution in [0.25, 0.3) is 0 Å². The number of hydrogen-bond donors (Lipinski definition) is 1. The summed E-state index contributed by atoms with van der Waals surface area (Å²) < 4.78 is 32.6. The summed E-state index contributed by atoms with van der Waals surface area (Å²) >= 11 is 3.28. The third-order valence-electron chi connectivity index (χ3n) is 4.41. The van der Waals surface area contributed by atoms with Crippen molar-refractivity contribution in [2.24, 2.45) is 0 Å². The first-order chi connectivity index (χ1) is 12.8. The summed E-state index contributed by atoms with van der Waals surface area (Å²) in [6.07, 6.45) is 0. The fourth-order valence-electron chi connectivity index (χ4n) is 2.88. The van der Waals surface area contributed by atoms with Crippen molar-refractivity contribution in [3.05, 3.63) is 52.5 Å². The topological polar surface area (TPSA) is 87.2 Å². The van der Waals surface area contributed by atoms with Gasteiger partial charge in [-0.25, -0.2) is 8.42 Å². The van der Waals surface area contributed by atoms with Crippen molar-refractivity contribution in [1.82, 2.24) is 9.21 Å². The van der Waals surface area contributed by atoms with Crippen LogP contribution >= 0.6 is 15.9 Å². The van der Waals surface area contributed by atoms with Gasteiger partial charge in [0.1, 0.15) is 11.5 Å². The van der Waals surface area contributed by atoms with Gasteiger partial charge in [0.2, 0.25) is 10.0 Å². The first kappa shape index (κ1) is 19.7. The molecule has 144 valence electrons. The summed E-state index contributed by atoms with van der Waals surface area (Å²) in [6.45, 7) is 0.879. The highest BCUT2D eigenvalue weighted by atomic mass is 79.9. The molecular weight excluding hydrogens is 436 g/mol. The molecule has 7 nitrogen and oxygen atoms in total. The number of piperazine rings is 1. The van der Waals surface area contributed by atoms with Crippen LogP contribution in [0.4, 0.5) is 0 Å². The monoisotopic (exact) mass is 454 g/mol. The smallest absolute Gasteiger partial charge is 0.257 e. The highest BCUT2D eigenvalue weighted by molar-refractivity contribution is 9.10. The minimum Gasteiger partial charge on any atom is -0.507 e. The van der Waals surface area contributed by atoms with E-state index in [4.69, 9.17) is 4.74 Å². The molecule has 2 aromatic rings. The van der Waals surface area contributed by atoms with Gasteiger partial charge in [-0.05, 0) is 42.5 Å². The Kier molecular flexibility index (Phi) is 5.73. The molecule has 2 aromatic carbocycles. The van der Waals surface area contributed by atoms with Crippen molar-refractivity contribution in [1.29, 1.82) is 0 Å². The number of benzene rings is 2. The van der Waals surface area contributed by atoms with Crippen LogP contribution in [0.1, 0.15) is 10.4 Å². The van der Waals surface area contributed by atoms with Crippen LogP contribution in [0.15, 0.2) is 51.8 Å². The Bertz CT molecular complexity index is 939. The molecule has 1 N–H and O–H groups in total. The van der Waals surface area contributed by atoms with E-state index in [-0.39, 0.29) is 48.3 Å². The van der Waals surface area contributed by atoms with Crippen molar-refractivity contribution in [3.63, 3.8) is 0 Å². The van der Waals surface area contributed by atoms with E-state index < -0.39 is 10.0 Å². The number of rotatable bonds is 4. The normalized spacial score (nSPS) is 15.6. The number of phenols is 1. The predicted molar refractivity (Wildman–Crippen MR) is 103 cm³/mol. The Hall–Kier alpha value is -2.10. The first-order valence-electron chi connectivity index (χ1n) is 8.25. The number of carbonyl (C=O) groups excluding carboxylic acids is 1. The molecular formula is C18H19BrN2O5S. The molecule has 1 aliphatic rings. The van der Waals surface area contributed by atoms with E-state index in [1.54, 1.807) is 29.2 Å². The molecule has 1 heterocycles. The molecule has 0 radical (unpaired) electrons. The molecule has 3 rings (SSSR count). The lowest BCUT2D eigenvalue weighted by Gasteiger charge is -2.34. The number of halogens is 1. The molecule has 27 heavy (non-hydrogen) atoms. The summed E-state index contributed by atoms with van der Waals surface area (Å²) in [6, 6.07) is 10.9. The van der Waals surface area contributed by atoms with Gasteiger partial charge in [-0.3, -0.25) is 4.79 Å². The van der Waals surface area contributed by atoms with Crippen molar-refractivity contribution in [3.8, 4) is 11.5 Å². The molecule has 0 aromatic heterocycles. The number of ether oxygens (including phenoxy) is 1. The summed E-state index contributed by atoms with van der Waals surface area (Å²) in [5, 5.41) is 9.92. The van der Waals surface area contributed by atoms with Crippen LogP contribution in [0, 0.1) is 0 Å². The Morgan fingerprint density at radius 1 is 1.07 bits per heavy atom. The number of carbonyl (C=O) groups is 1. The van der Waals surface area contributed by atoms with E-state index >= 15 is 0 Å². The predicted octanol–water partition coefficient (Wildman–Crippen LogP) is 2.31. The molecule has 0 bridgehead atoms. The van der Waals surface area contributed by atoms with E-state index in [0.29, 0.717) is 10.2 Å². The highest BCUT2D eigenvalue weighted by Crippen LogP contribution is 2.25. The van der Waals surface area contributed by atoms with Gasteiger partial charge in [0.25, 0.3) is 5.91 Å². The quantitative estimate of drug-likeness (QED) is 0.765. The number of hydrogen-bond acceptors (Lipinski definition) is 5. The van der Waals surface area contributed by atoms with Crippen molar-refractivity contribution in [2.45, 2.75) is 4.90 Å². The molecule has 1 saturated heterocycles. The van der Waals surface area contributed by atoms with Crippen molar-refractivity contribution >= 4 is 31.9 Å². The Balaban J connectivity index is 1.70. The van der Waals surface area contributed by atoms with Gasteiger partial charge in [0.15, 0.2) is 0 Å². The van der Waals surface area contributed by atoms with Gasteiger partial charge < -0.3 is 14.7 Å². The van der Waals surface area contributed by atoms with Gasteiger partial charge in [0.05, 0.1) is 17.6 Å². The third-order valence-corrected chi connectivity index (χ3v) is 6.82. The van der Waals surface area contributed by atoms with Gasteiger partial charge in [-0.15, -0.1) is 0 Å². The lowest BCUT2D eigenvalue weighted by molar-refractivity contribution is 0.0694. The number of aromatic hydroxyl groups is 1. The summed E-state index contributed by atoms with van der Waals surface area (Å²) in [7, 11) is -2.12. The maximum absolute atomic E-state index is 12.8. The van der Waals surface area contributed by atoms with Crippen LogP contribution in [0.2, 0.25) is 0 Å². The summed E-state index contributed by atoms with van der Waals surface area (Å²) in [5.41, 5.74) is 0.191. The molecule has 0 atom stereocenters. The maximum Gasteiger partial charge on any atom is 0.257 e. The molecule has 0 spiro atoms. The fourth-order valence-corrected chi connectivity index (χ4v) is 4.66. The van der Waals surface area contributed by atoms with E-state index in [9.17, 15) is 18.3 Å². The molecule has 0 aliphatic carbocycles. The molecule has 0 unspecified atom stereocenters. The third kappa shape index (κ3) is 4.10. The molecule has 1 aliphatic heterocycles. The van der Waals surface area contributed by atoms with E-state index in [2.05, 4.69) is 15.9 Å². The average Bonchev–Trinajstić information content (AvgIpc) is 2.69. The lowest BCUT2D eigenvalue weighted by atomic mass is 10.1. The van der Waals surface area contributed by atoms with Gasteiger partial charge in [-0.2, -0.15) is 4.31 Å². The van der Waals surface area contributed by atoms with E-state index in [0.717, 1.165) is 0 Å². The second-order valence-electron chi connectivity index (χ2n) is 6.03. The first-order valence-corrected chi connectivity index (χ1v) is 10.5. The molecule has 0 saturated carbocycles. The fraction of sp³-hybridized carbons (Fsp3) is 0.278. The van der Waals surface area contributed by atoms with Crippen LogP contribution in [0.3, 0.4) is 0 Å². The van der Waals surface area contributed by atoms with Gasteiger partial charge in [0, 0.05) is 30.7 Å². The lowest BCUT2D eigenvalue weighted by Crippen LogP contribution is -2.50. The molecule has 1 amide bonds. The summed E-state index contributed by atoms with van der Waals surface area (Å²) in [5.74, 6) is 0.157. The Morgan fingerprint density at radius 2 is 1.70 bits per heavy atom. The van der Waals surface area contributed by atoms with Crippen LogP contribution in [-0.2, 0) is 10.0 Å². The average molecular weight is 455 g/mol. The van der Waals surface area contributed by atoms with Gasteiger partial charge in [-0.1, -0.05) is 15.9 Å². The Morgan fingerprint density at radius 3 is 2.30 bits per heavy atom. The highest BCUT2D eigenvalue weighted by Gasteiger charge is 2.31. The van der Waals surface area contributed by atoms with Crippen LogP contribution < -0.4 is 4.74 Å². The second-order valence-corrected chi connectivity index (χ2v) is 8.89. The number of sulfonamides is 1. The van der Waals surface area contributed by atoms with Gasteiger partial charge >= 0.3 is 0 Å². The molecule has 1 fully saturated rings. The number of methoxy groups -OCH3 is 1.